The van der Waals surface area contributed by atoms with E-state index in [1.54, 1.807) is 10.9 Å². The number of aromatic nitrogens is 2. The minimum atomic E-state index is -0.0267. The molecular formula is C11H19N3O. The normalized spacial score (nSPS) is 10.7. The minimum absolute atomic E-state index is 0.0267. The van der Waals surface area contributed by atoms with E-state index >= 15 is 0 Å². The fraction of sp³-hybridized carbons (Fsp3) is 0.636. The Hall–Kier alpha value is -1.32. The van der Waals surface area contributed by atoms with Crippen molar-refractivity contribution < 1.29 is 4.79 Å². The smallest absolute Gasteiger partial charge is 0.270 e. The topological polar surface area (TPSA) is 46.9 Å². The molecular weight excluding hydrogens is 190 g/mol. The number of nitrogens with one attached hydrogen (secondary N) is 1. The van der Waals surface area contributed by atoms with Gasteiger partial charge in [0.05, 0.1) is 6.20 Å². The Balaban J connectivity index is 2.99. The van der Waals surface area contributed by atoms with Gasteiger partial charge in [0.15, 0.2) is 0 Å². The van der Waals surface area contributed by atoms with Crippen LogP contribution in [0.5, 0.6) is 0 Å². The zero-order chi connectivity index (χ0) is 11.4. The predicted octanol–water partition coefficient (Wildman–Crippen LogP) is 1.60. The largest absolute Gasteiger partial charge is 0.349 e. The number of amides is 1. The van der Waals surface area contributed by atoms with Crippen molar-refractivity contribution in [2.24, 2.45) is 0 Å². The van der Waals surface area contributed by atoms with Gasteiger partial charge in [-0.15, -0.1) is 0 Å². The van der Waals surface area contributed by atoms with Crippen LogP contribution in [0.3, 0.4) is 0 Å². The summed E-state index contributed by atoms with van der Waals surface area (Å²) in [4.78, 5) is 11.9. The Morgan fingerprint density at radius 3 is 2.67 bits per heavy atom. The molecule has 0 atom stereocenters. The van der Waals surface area contributed by atoms with Crippen molar-refractivity contribution in [1.82, 2.24) is 15.1 Å². The van der Waals surface area contributed by atoms with E-state index in [4.69, 9.17) is 0 Å². The molecule has 0 radical (unpaired) electrons. The summed E-state index contributed by atoms with van der Waals surface area (Å²) in [6.07, 6.45) is 2.61. The standard InChI is InChI=1S/C11H19N3O/c1-5-9-7-12-14(6-2)10(9)11(15)13-8(3)4/h7-8H,5-6H2,1-4H3,(H,13,15). The summed E-state index contributed by atoms with van der Waals surface area (Å²) in [6.45, 7) is 8.65. The molecule has 1 aromatic heterocycles. The lowest BCUT2D eigenvalue weighted by Gasteiger charge is -2.10. The molecule has 1 N–H and O–H groups in total. The van der Waals surface area contributed by atoms with Gasteiger partial charge in [-0.25, -0.2) is 0 Å². The summed E-state index contributed by atoms with van der Waals surface area (Å²) in [7, 11) is 0. The van der Waals surface area contributed by atoms with Crippen molar-refractivity contribution in [3.8, 4) is 0 Å². The van der Waals surface area contributed by atoms with Gasteiger partial charge < -0.3 is 5.32 Å². The molecule has 1 heterocycles. The van der Waals surface area contributed by atoms with Crippen LogP contribution in [-0.2, 0) is 13.0 Å². The summed E-state index contributed by atoms with van der Waals surface area (Å²) in [5.74, 6) is -0.0267. The molecule has 0 saturated carbocycles. The summed E-state index contributed by atoms with van der Waals surface area (Å²) in [6, 6.07) is 0.155. The van der Waals surface area contributed by atoms with Gasteiger partial charge >= 0.3 is 0 Å². The molecule has 0 aromatic carbocycles. The van der Waals surface area contributed by atoms with Crippen LogP contribution < -0.4 is 5.32 Å². The molecule has 84 valence electrons. The van der Waals surface area contributed by atoms with Gasteiger partial charge in [0.25, 0.3) is 5.91 Å². The summed E-state index contributed by atoms with van der Waals surface area (Å²) in [5, 5.41) is 7.08. The Bertz CT molecular complexity index is 320. The monoisotopic (exact) mass is 209 g/mol. The number of rotatable bonds is 4. The van der Waals surface area contributed by atoms with Crippen LogP contribution >= 0.6 is 0 Å². The van der Waals surface area contributed by atoms with Crippen LogP contribution in [0.4, 0.5) is 0 Å². The zero-order valence-corrected chi connectivity index (χ0v) is 9.87. The fourth-order valence-electron chi connectivity index (χ4n) is 1.52. The second-order valence-corrected chi connectivity index (χ2v) is 3.82. The maximum atomic E-state index is 11.9. The van der Waals surface area contributed by atoms with Crippen LogP contribution in [0.2, 0.25) is 0 Å². The van der Waals surface area contributed by atoms with E-state index in [0.29, 0.717) is 5.69 Å². The number of hydrogen-bond donors (Lipinski definition) is 1. The van der Waals surface area contributed by atoms with Crippen molar-refractivity contribution in [1.29, 1.82) is 0 Å². The highest BCUT2D eigenvalue weighted by Gasteiger charge is 2.16. The molecule has 0 aliphatic carbocycles. The van der Waals surface area contributed by atoms with Gasteiger partial charge in [-0.2, -0.15) is 5.10 Å². The van der Waals surface area contributed by atoms with Crippen LogP contribution in [0.15, 0.2) is 6.20 Å². The van der Waals surface area contributed by atoms with E-state index in [2.05, 4.69) is 10.4 Å². The lowest BCUT2D eigenvalue weighted by atomic mass is 10.2. The first-order chi connectivity index (χ1) is 7.10. The summed E-state index contributed by atoms with van der Waals surface area (Å²) >= 11 is 0. The average molecular weight is 209 g/mol. The Labute approximate surface area is 90.7 Å². The van der Waals surface area contributed by atoms with Crippen LogP contribution in [-0.4, -0.2) is 21.7 Å². The molecule has 0 saturated heterocycles. The lowest BCUT2D eigenvalue weighted by molar-refractivity contribution is 0.0931. The second kappa shape index (κ2) is 4.96. The van der Waals surface area contributed by atoms with Crippen LogP contribution in [0.1, 0.15) is 43.7 Å². The van der Waals surface area contributed by atoms with Crippen molar-refractivity contribution in [2.75, 3.05) is 0 Å². The van der Waals surface area contributed by atoms with E-state index < -0.39 is 0 Å². The molecule has 0 aliphatic rings. The molecule has 15 heavy (non-hydrogen) atoms. The van der Waals surface area contributed by atoms with Gasteiger partial charge in [0.2, 0.25) is 0 Å². The van der Waals surface area contributed by atoms with Crippen LogP contribution in [0, 0.1) is 0 Å². The van der Waals surface area contributed by atoms with Gasteiger partial charge in [-0.3, -0.25) is 9.48 Å². The second-order valence-electron chi connectivity index (χ2n) is 3.82. The highest BCUT2D eigenvalue weighted by Crippen LogP contribution is 2.09. The van der Waals surface area contributed by atoms with E-state index in [1.165, 1.54) is 0 Å². The maximum absolute atomic E-state index is 11.9. The third-order valence-electron chi connectivity index (χ3n) is 2.23. The van der Waals surface area contributed by atoms with Crippen LogP contribution in [0.25, 0.3) is 0 Å². The lowest BCUT2D eigenvalue weighted by Crippen LogP contribution is -2.32. The summed E-state index contributed by atoms with van der Waals surface area (Å²) in [5.41, 5.74) is 1.71. The van der Waals surface area contributed by atoms with Gasteiger partial charge in [-0.1, -0.05) is 6.92 Å². The average Bonchev–Trinajstić information content (AvgIpc) is 2.58. The number of nitrogens with zero attached hydrogens (tertiary/aromatic N) is 2. The first-order valence-electron chi connectivity index (χ1n) is 5.45. The highest BCUT2D eigenvalue weighted by atomic mass is 16.2. The fourth-order valence-corrected chi connectivity index (χ4v) is 1.52. The van der Waals surface area contributed by atoms with E-state index in [1.807, 2.05) is 27.7 Å². The molecule has 0 bridgehead atoms. The van der Waals surface area contributed by atoms with E-state index in [0.717, 1.165) is 18.5 Å². The van der Waals surface area contributed by atoms with Crippen molar-refractivity contribution in [2.45, 2.75) is 46.7 Å². The van der Waals surface area contributed by atoms with E-state index in [-0.39, 0.29) is 11.9 Å². The number of aryl methyl sites for hydroxylation is 2. The van der Waals surface area contributed by atoms with Crippen molar-refractivity contribution in [3.63, 3.8) is 0 Å². The first-order valence-corrected chi connectivity index (χ1v) is 5.45. The molecule has 1 rings (SSSR count). The van der Waals surface area contributed by atoms with E-state index in [9.17, 15) is 4.79 Å². The predicted molar refractivity (Wildman–Crippen MR) is 59.9 cm³/mol. The van der Waals surface area contributed by atoms with Gasteiger partial charge in [0.1, 0.15) is 5.69 Å². The molecule has 0 unspecified atom stereocenters. The quantitative estimate of drug-likeness (QED) is 0.818. The van der Waals surface area contributed by atoms with Gasteiger partial charge in [0, 0.05) is 18.2 Å². The van der Waals surface area contributed by atoms with Crippen molar-refractivity contribution in [3.05, 3.63) is 17.5 Å². The summed E-state index contributed by atoms with van der Waals surface area (Å²) < 4.78 is 1.75. The Morgan fingerprint density at radius 2 is 2.20 bits per heavy atom. The number of carbonyl (C=O) groups excluding carboxylic acids is 1. The molecule has 4 nitrogen and oxygen atoms in total. The minimum Gasteiger partial charge on any atom is -0.349 e. The number of hydrogen-bond acceptors (Lipinski definition) is 2. The molecule has 1 amide bonds. The Morgan fingerprint density at radius 1 is 1.53 bits per heavy atom. The SMILES string of the molecule is CCc1cnn(CC)c1C(=O)NC(C)C. The first kappa shape index (κ1) is 11.8. The maximum Gasteiger partial charge on any atom is 0.270 e. The molecule has 4 heteroatoms. The van der Waals surface area contributed by atoms with Gasteiger partial charge in [-0.05, 0) is 27.2 Å². The number of carbonyl (C=O) groups is 1. The van der Waals surface area contributed by atoms with Crippen molar-refractivity contribution >= 4 is 5.91 Å². The Kier molecular flexibility index (Phi) is 3.88. The third kappa shape index (κ3) is 2.58. The highest BCUT2D eigenvalue weighted by molar-refractivity contribution is 5.94. The zero-order valence-electron chi connectivity index (χ0n) is 9.87. The molecule has 0 fully saturated rings. The molecule has 0 spiro atoms. The molecule has 0 aliphatic heterocycles. The molecule has 1 aromatic rings. The third-order valence-corrected chi connectivity index (χ3v) is 2.23.